The minimum atomic E-state index is -0.349. The van der Waals surface area contributed by atoms with Gasteiger partial charge in [0.15, 0.2) is 17.3 Å². The predicted octanol–water partition coefficient (Wildman–Crippen LogP) is 7.23. The second-order valence-electron chi connectivity index (χ2n) is 9.11. The number of likely N-dealkylation sites (N-methyl/N-ethyl adjacent to an activating group) is 1. The number of aromatic nitrogens is 2. The van der Waals surface area contributed by atoms with Crippen molar-refractivity contribution in [1.82, 2.24) is 14.9 Å². The molecule has 0 bridgehead atoms. The fourth-order valence-electron chi connectivity index (χ4n) is 4.47. The van der Waals surface area contributed by atoms with Gasteiger partial charge >= 0.3 is 0 Å². The van der Waals surface area contributed by atoms with Crippen molar-refractivity contribution in [3.63, 3.8) is 0 Å². The van der Waals surface area contributed by atoms with E-state index < -0.39 is 0 Å². The molecule has 0 aliphatic heterocycles. The molecule has 11 heteroatoms. The molecular formula is C30H36FN5O4S. The van der Waals surface area contributed by atoms with E-state index in [2.05, 4.69) is 38.9 Å². The van der Waals surface area contributed by atoms with Crippen LogP contribution in [0.1, 0.15) is 31.9 Å². The molecule has 0 aliphatic carbocycles. The molecule has 0 aliphatic rings. The molecule has 0 unspecified atom stereocenters. The molecule has 0 fully saturated rings. The number of halogens is 1. The van der Waals surface area contributed by atoms with Gasteiger partial charge in [-0.15, -0.1) is 16.5 Å². The first-order valence-corrected chi connectivity index (χ1v) is 14.4. The number of ether oxygens (including phenoxy) is 4. The van der Waals surface area contributed by atoms with E-state index in [1.807, 2.05) is 26.0 Å². The van der Waals surface area contributed by atoms with E-state index in [1.165, 1.54) is 29.8 Å². The monoisotopic (exact) mass is 581 g/mol. The Bertz CT molecular complexity index is 1480. The summed E-state index contributed by atoms with van der Waals surface area (Å²) >= 11 is 1.48. The van der Waals surface area contributed by atoms with E-state index >= 15 is 0 Å². The zero-order chi connectivity index (χ0) is 29.4. The Morgan fingerprint density at radius 2 is 1.68 bits per heavy atom. The summed E-state index contributed by atoms with van der Waals surface area (Å²) in [7, 11) is 3.20. The van der Waals surface area contributed by atoms with Crippen LogP contribution in [0.4, 0.5) is 10.2 Å². The van der Waals surface area contributed by atoms with Crippen molar-refractivity contribution in [1.29, 1.82) is 0 Å². The maximum atomic E-state index is 13.9. The highest BCUT2D eigenvalue weighted by atomic mass is 32.1. The van der Waals surface area contributed by atoms with Gasteiger partial charge in [0.05, 0.1) is 32.9 Å². The number of benzene rings is 2. The number of rotatable bonds is 14. The fraction of sp³-hybridized carbons (Fsp3) is 0.400. The topological polar surface area (TPSA) is 90.7 Å². The van der Waals surface area contributed by atoms with Crippen LogP contribution < -0.4 is 18.9 Å². The molecule has 0 amide bonds. The Kier molecular flexibility index (Phi) is 10.4. The lowest BCUT2D eigenvalue weighted by atomic mass is 10.1. The minimum Gasteiger partial charge on any atom is -0.493 e. The molecule has 41 heavy (non-hydrogen) atoms. The van der Waals surface area contributed by atoms with Gasteiger partial charge in [-0.2, -0.15) is 5.11 Å². The van der Waals surface area contributed by atoms with E-state index in [-0.39, 0.29) is 12.4 Å². The van der Waals surface area contributed by atoms with Crippen molar-refractivity contribution < 1.29 is 23.3 Å². The lowest BCUT2D eigenvalue weighted by molar-refractivity contribution is 0.211. The number of thiophene rings is 1. The zero-order valence-corrected chi connectivity index (χ0v) is 25.2. The first-order chi connectivity index (χ1) is 19.9. The van der Waals surface area contributed by atoms with Crippen LogP contribution in [0.5, 0.6) is 23.0 Å². The average Bonchev–Trinajstić information content (AvgIpc) is 3.32. The van der Waals surface area contributed by atoms with Gasteiger partial charge in [-0.05, 0) is 62.3 Å². The zero-order valence-electron chi connectivity index (χ0n) is 24.4. The summed E-state index contributed by atoms with van der Waals surface area (Å²) in [5.74, 6) is 2.31. The largest absolute Gasteiger partial charge is 0.493 e. The van der Waals surface area contributed by atoms with Crippen molar-refractivity contribution in [2.45, 2.75) is 34.2 Å². The van der Waals surface area contributed by atoms with E-state index in [1.54, 1.807) is 20.3 Å². The van der Waals surface area contributed by atoms with Crippen LogP contribution in [0.25, 0.3) is 20.7 Å². The minimum absolute atomic E-state index is 0.279. The summed E-state index contributed by atoms with van der Waals surface area (Å²) in [6.07, 6.45) is 1.48. The van der Waals surface area contributed by atoms with Crippen LogP contribution in [0, 0.1) is 12.7 Å². The number of methoxy groups -OCH3 is 2. The standard InChI is InChI=1S/C30H36FN5O4S/c1-7-36(8-2)12-13-40-27-24(37-5)14-20(15-25(27)38-6)17-34-35-30-29-26(32-18-33-30)19(4)28(41-29)22-11-10-21(31)16-23(22)39-9-3/h10-11,14-16,18H,7-9,12-13,17H2,1-6H3. The van der Waals surface area contributed by atoms with Crippen LogP contribution in [0.2, 0.25) is 0 Å². The molecule has 0 saturated heterocycles. The molecule has 9 nitrogen and oxygen atoms in total. The second kappa shape index (κ2) is 14.2. The highest BCUT2D eigenvalue weighted by molar-refractivity contribution is 7.23. The molecule has 0 radical (unpaired) electrons. The first kappa shape index (κ1) is 30.1. The number of fused-ring (bicyclic) bond motifs is 1. The van der Waals surface area contributed by atoms with E-state index in [0.29, 0.717) is 42.0 Å². The van der Waals surface area contributed by atoms with Crippen molar-refractivity contribution >= 4 is 27.4 Å². The lowest BCUT2D eigenvalue weighted by Gasteiger charge is -2.20. The van der Waals surface area contributed by atoms with Crippen molar-refractivity contribution in [3.8, 4) is 33.4 Å². The Morgan fingerprint density at radius 3 is 2.34 bits per heavy atom. The summed E-state index contributed by atoms with van der Waals surface area (Å²) in [6, 6.07) is 8.31. The maximum Gasteiger partial charge on any atom is 0.203 e. The van der Waals surface area contributed by atoms with Gasteiger partial charge in [-0.1, -0.05) is 13.8 Å². The molecule has 0 saturated carbocycles. The summed E-state index contributed by atoms with van der Waals surface area (Å²) < 4.78 is 37.7. The lowest BCUT2D eigenvalue weighted by Crippen LogP contribution is -2.28. The molecule has 2 heterocycles. The fourth-order valence-corrected chi connectivity index (χ4v) is 5.69. The molecule has 218 valence electrons. The normalized spacial score (nSPS) is 11.5. The Morgan fingerprint density at radius 1 is 0.951 bits per heavy atom. The molecule has 4 aromatic rings. The number of aryl methyl sites for hydroxylation is 1. The van der Waals surface area contributed by atoms with Gasteiger partial charge in [0, 0.05) is 23.1 Å². The van der Waals surface area contributed by atoms with E-state index in [0.717, 1.165) is 51.4 Å². The number of nitrogens with zero attached hydrogens (tertiary/aromatic N) is 5. The van der Waals surface area contributed by atoms with Gasteiger partial charge in [0.1, 0.15) is 29.2 Å². The van der Waals surface area contributed by atoms with Crippen LogP contribution >= 0.6 is 11.3 Å². The SMILES string of the molecule is CCOc1cc(F)ccc1-c1sc2c(N=NCc3cc(OC)c(OCCN(CC)CC)c(OC)c3)ncnc2c1C. The second-order valence-corrected chi connectivity index (χ2v) is 10.1. The van der Waals surface area contributed by atoms with Crippen molar-refractivity contribution in [2.75, 3.05) is 47.1 Å². The Hall–Kier alpha value is -3.83. The predicted molar refractivity (Wildman–Crippen MR) is 160 cm³/mol. The molecular weight excluding hydrogens is 545 g/mol. The average molecular weight is 582 g/mol. The first-order valence-electron chi connectivity index (χ1n) is 13.6. The Labute approximate surface area is 244 Å². The quantitative estimate of drug-likeness (QED) is 0.145. The maximum absolute atomic E-state index is 13.9. The summed E-state index contributed by atoms with van der Waals surface area (Å²) in [4.78, 5) is 12.1. The van der Waals surface area contributed by atoms with E-state index in [4.69, 9.17) is 18.9 Å². The van der Waals surface area contributed by atoms with Crippen LogP contribution in [-0.2, 0) is 6.54 Å². The third-order valence-electron chi connectivity index (χ3n) is 6.66. The number of hydrogen-bond donors (Lipinski definition) is 0. The highest BCUT2D eigenvalue weighted by Gasteiger charge is 2.19. The van der Waals surface area contributed by atoms with Crippen LogP contribution in [0.15, 0.2) is 46.9 Å². The summed E-state index contributed by atoms with van der Waals surface area (Å²) in [6.45, 7) is 12.1. The third kappa shape index (κ3) is 6.91. The van der Waals surface area contributed by atoms with Gasteiger partial charge < -0.3 is 23.8 Å². The molecule has 4 rings (SSSR count). The van der Waals surface area contributed by atoms with Crippen LogP contribution in [0.3, 0.4) is 0 Å². The number of hydrogen-bond acceptors (Lipinski definition) is 10. The van der Waals surface area contributed by atoms with Gasteiger partial charge in [0.25, 0.3) is 0 Å². The number of azo groups is 1. The molecule has 0 atom stereocenters. The molecule has 0 N–H and O–H groups in total. The van der Waals surface area contributed by atoms with Crippen molar-refractivity contribution in [2.24, 2.45) is 10.2 Å². The van der Waals surface area contributed by atoms with Crippen molar-refractivity contribution in [3.05, 3.63) is 53.6 Å². The summed E-state index contributed by atoms with van der Waals surface area (Å²) in [5.41, 5.74) is 3.37. The molecule has 2 aromatic heterocycles. The molecule has 0 spiro atoms. The molecule has 2 aromatic carbocycles. The Balaban J connectivity index is 1.58. The highest BCUT2D eigenvalue weighted by Crippen LogP contribution is 2.44. The van der Waals surface area contributed by atoms with Gasteiger partial charge in [-0.3, -0.25) is 0 Å². The van der Waals surface area contributed by atoms with Gasteiger partial charge in [0.2, 0.25) is 5.75 Å². The summed E-state index contributed by atoms with van der Waals surface area (Å²) in [5, 5.41) is 8.88. The smallest absolute Gasteiger partial charge is 0.203 e. The van der Waals surface area contributed by atoms with Crippen LogP contribution in [-0.4, -0.2) is 61.9 Å². The van der Waals surface area contributed by atoms with Gasteiger partial charge in [-0.25, -0.2) is 14.4 Å². The van der Waals surface area contributed by atoms with E-state index in [9.17, 15) is 4.39 Å². The third-order valence-corrected chi connectivity index (χ3v) is 7.97.